The number of anilines is 1. The highest BCUT2D eigenvalue weighted by Gasteiger charge is 2.27. The number of hydrogen-bond donors (Lipinski definition) is 0. The molecule has 2 rings (SSSR count). The zero-order chi connectivity index (χ0) is 14.0. The van der Waals surface area contributed by atoms with Crippen LogP contribution >= 0.6 is 27.5 Å². The number of rotatable bonds is 2. The van der Waals surface area contributed by atoms with Gasteiger partial charge in [0.1, 0.15) is 4.28 Å². The highest BCUT2D eigenvalue weighted by atomic mass is 79.9. The van der Waals surface area contributed by atoms with E-state index in [-0.39, 0.29) is 4.28 Å². The minimum atomic E-state index is -1.06. The average molecular weight is 366 g/mol. The van der Waals surface area contributed by atoms with Gasteiger partial charge >= 0.3 is 0 Å². The summed E-state index contributed by atoms with van der Waals surface area (Å²) in [6.07, 6.45) is 1.89. The zero-order valence-electron chi connectivity index (χ0n) is 10.0. The van der Waals surface area contributed by atoms with Crippen molar-refractivity contribution >= 4 is 49.8 Å². The lowest BCUT2D eigenvalue weighted by atomic mass is 10.3. The Morgan fingerprint density at radius 1 is 1.63 bits per heavy atom. The molecule has 3 nitrogen and oxygen atoms in total. The van der Waals surface area contributed by atoms with E-state index in [1.54, 1.807) is 6.07 Å². The molecule has 0 radical (unpaired) electrons. The molecule has 1 aromatic carbocycles. The first-order chi connectivity index (χ1) is 9.02. The van der Waals surface area contributed by atoms with Gasteiger partial charge in [-0.05, 0) is 35.8 Å². The minimum absolute atomic E-state index is 0.193. The summed E-state index contributed by atoms with van der Waals surface area (Å²) >= 11 is 9.47. The van der Waals surface area contributed by atoms with Gasteiger partial charge in [-0.15, -0.1) is 0 Å². The van der Waals surface area contributed by atoms with Crippen LogP contribution in [0.15, 0.2) is 39.7 Å². The largest absolute Gasteiger partial charge is 0.324 e. The molecule has 0 aliphatic carbocycles. The van der Waals surface area contributed by atoms with Crippen molar-refractivity contribution in [3.63, 3.8) is 0 Å². The Balaban J connectivity index is 2.33. The number of allylic oxidation sites excluding steroid dienone is 1. The number of nitrogens with zero attached hydrogens (tertiary/aromatic N) is 2. The smallest absolute Gasteiger partial charge is 0.283 e. The summed E-state index contributed by atoms with van der Waals surface area (Å²) in [5.41, 5.74) is 0.895. The average Bonchev–Trinajstić information content (AvgIpc) is 2.66. The first kappa shape index (κ1) is 14.7. The van der Waals surface area contributed by atoms with Crippen molar-refractivity contribution in [1.82, 2.24) is 0 Å². The number of carbonyl (C=O) groups is 1. The standard InChI is InChI=1S/C12H11BrClFN2OS/c1-8-7-17(10-4-2-3-9(14)5-10)12(13)19(8)16-11(18)6-15/h2-5,7,12H,6H2,1H3. The van der Waals surface area contributed by atoms with E-state index in [4.69, 9.17) is 11.6 Å². The molecule has 1 aliphatic rings. The first-order valence-corrected chi connectivity index (χ1v) is 7.97. The predicted molar refractivity (Wildman–Crippen MR) is 81.2 cm³/mol. The van der Waals surface area contributed by atoms with Gasteiger partial charge in [0.15, 0.2) is 6.67 Å². The zero-order valence-corrected chi connectivity index (χ0v) is 13.2. The maximum Gasteiger partial charge on any atom is 0.283 e. The van der Waals surface area contributed by atoms with E-state index in [9.17, 15) is 9.18 Å². The van der Waals surface area contributed by atoms with Crippen molar-refractivity contribution in [2.45, 2.75) is 11.2 Å². The van der Waals surface area contributed by atoms with Gasteiger partial charge in [0.05, 0.1) is 0 Å². The lowest BCUT2D eigenvalue weighted by Crippen LogP contribution is -2.23. The molecule has 1 aromatic rings. The number of hydrogen-bond acceptors (Lipinski definition) is 2. The molecular weight excluding hydrogens is 355 g/mol. The molecule has 1 amide bonds. The summed E-state index contributed by atoms with van der Waals surface area (Å²) in [4.78, 5) is 14.0. The molecule has 19 heavy (non-hydrogen) atoms. The predicted octanol–water partition coefficient (Wildman–Crippen LogP) is 4.00. The number of amides is 1. The van der Waals surface area contributed by atoms with Crippen molar-refractivity contribution in [3.05, 3.63) is 40.4 Å². The fourth-order valence-electron chi connectivity index (χ4n) is 1.65. The van der Waals surface area contributed by atoms with Gasteiger partial charge in [-0.25, -0.2) is 4.39 Å². The molecule has 2 unspecified atom stereocenters. The molecule has 0 bridgehead atoms. The van der Waals surface area contributed by atoms with Crippen molar-refractivity contribution < 1.29 is 9.18 Å². The highest BCUT2D eigenvalue weighted by molar-refractivity contribution is 9.11. The Morgan fingerprint density at radius 3 is 3.00 bits per heavy atom. The van der Waals surface area contributed by atoms with E-state index in [1.807, 2.05) is 36.2 Å². The van der Waals surface area contributed by atoms with Crippen molar-refractivity contribution in [1.29, 1.82) is 0 Å². The van der Waals surface area contributed by atoms with E-state index < -0.39 is 23.3 Å². The summed E-state index contributed by atoms with van der Waals surface area (Å²) in [6, 6.07) is 7.37. The van der Waals surface area contributed by atoms with Gasteiger partial charge in [0.2, 0.25) is 0 Å². The molecule has 1 heterocycles. The third kappa shape index (κ3) is 3.24. The molecular formula is C12H11BrClFN2OS. The second-order valence-electron chi connectivity index (χ2n) is 3.85. The summed E-state index contributed by atoms with van der Waals surface area (Å²) in [7, 11) is -0.688. The fourth-order valence-corrected chi connectivity index (χ4v) is 4.75. The van der Waals surface area contributed by atoms with E-state index in [0.717, 1.165) is 10.6 Å². The molecule has 102 valence electrons. The van der Waals surface area contributed by atoms with E-state index in [1.165, 1.54) is 0 Å². The van der Waals surface area contributed by atoms with E-state index in [2.05, 4.69) is 20.3 Å². The highest BCUT2D eigenvalue weighted by Crippen LogP contribution is 2.34. The maximum absolute atomic E-state index is 12.3. The van der Waals surface area contributed by atoms with Crippen LogP contribution in [0.25, 0.3) is 0 Å². The van der Waals surface area contributed by atoms with Crippen LogP contribution in [0.1, 0.15) is 6.92 Å². The van der Waals surface area contributed by atoms with Crippen molar-refractivity contribution in [2.24, 2.45) is 4.36 Å². The molecule has 0 spiro atoms. The van der Waals surface area contributed by atoms with Crippen LogP contribution in [-0.2, 0) is 15.5 Å². The summed E-state index contributed by atoms with van der Waals surface area (Å²) in [5, 5.41) is 0.631. The van der Waals surface area contributed by atoms with Gasteiger partial charge < -0.3 is 4.90 Å². The fraction of sp³-hybridized carbons (Fsp3) is 0.250. The van der Waals surface area contributed by atoms with Crippen LogP contribution in [0.4, 0.5) is 10.1 Å². The van der Waals surface area contributed by atoms with Crippen LogP contribution in [0.2, 0.25) is 5.02 Å². The van der Waals surface area contributed by atoms with Crippen molar-refractivity contribution in [3.8, 4) is 0 Å². The number of alkyl halides is 2. The second-order valence-corrected chi connectivity index (χ2v) is 7.66. The Bertz CT molecular complexity index is 579. The summed E-state index contributed by atoms with van der Waals surface area (Å²) in [6.45, 7) is 0.810. The quantitative estimate of drug-likeness (QED) is 0.586. The first-order valence-electron chi connectivity index (χ1n) is 5.43. The van der Waals surface area contributed by atoms with E-state index in [0.29, 0.717) is 5.02 Å². The third-order valence-corrected chi connectivity index (χ3v) is 5.97. The molecule has 0 aromatic heterocycles. The number of carbonyl (C=O) groups excluding carboxylic acids is 1. The minimum Gasteiger partial charge on any atom is -0.324 e. The van der Waals surface area contributed by atoms with E-state index >= 15 is 0 Å². The van der Waals surface area contributed by atoms with Crippen LogP contribution in [-0.4, -0.2) is 16.9 Å². The normalized spacial score (nSPS) is 22.7. The Morgan fingerprint density at radius 2 is 2.37 bits per heavy atom. The SMILES string of the molecule is CC1=CN(c2cccc(Cl)c2)C(Br)S1=NC(=O)CF. The second kappa shape index (κ2) is 6.15. The van der Waals surface area contributed by atoms with Crippen molar-refractivity contribution in [2.75, 3.05) is 11.6 Å². The summed E-state index contributed by atoms with van der Waals surface area (Å²) in [5.74, 6) is -0.728. The van der Waals surface area contributed by atoms with Gasteiger partial charge in [-0.2, -0.15) is 4.36 Å². The number of halogens is 3. The molecule has 1 aliphatic heterocycles. The van der Waals surface area contributed by atoms with Crippen LogP contribution in [0, 0.1) is 0 Å². The maximum atomic E-state index is 12.3. The molecule has 0 saturated carbocycles. The molecule has 7 heteroatoms. The molecule has 0 saturated heterocycles. The third-order valence-electron chi connectivity index (χ3n) is 2.47. The van der Waals surface area contributed by atoms with Crippen LogP contribution < -0.4 is 4.90 Å². The monoisotopic (exact) mass is 364 g/mol. The molecule has 0 N–H and O–H groups in total. The van der Waals surface area contributed by atoms with Gasteiger partial charge in [-0.1, -0.05) is 33.6 Å². The van der Waals surface area contributed by atoms with Gasteiger partial charge in [-0.3, -0.25) is 4.79 Å². The van der Waals surface area contributed by atoms with Gasteiger partial charge in [0.25, 0.3) is 5.91 Å². The van der Waals surface area contributed by atoms with Crippen LogP contribution in [0.3, 0.4) is 0 Å². The number of benzene rings is 1. The Hall–Kier alpha value is -0.720. The molecule has 0 fully saturated rings. The Labute approximate surface area is 126 Å². The Kier molecular flexibility index (Phi) is 4.76. The lowest BCUT2D eigenvalue weighted by molar-refractivity contribution is -0.118. The summed E-state index contributed by atoms with van der Waals surface area (Å²) < 4.78 is 15.9. The van der Waals surface area contributed by atoms with Gasteiger partial charge in [0, 0.05) is 21.8 Å². The topological polar surface area (TPSA) is 32.7 Å². The lowest BCUT2D eigenvalue weighted by Gasteiger charge is -2.21. The van der Waals surface area contributed by atoms with Crippen LogP contribution in [0.5, 0.6) is 0 Å². The molecule has 2 atom stereocenters.